The lowest BCUT2D eigenvalue weighted by molar-refractivity contribution is 1.14. The summed E-state index contributed by atoms with van der Waals surface area (Å²) in [5.41, 5.74) is 9.21. The highest BCUT2D eigenvalue weighted by molar-refractivity contribution is 5.69. The first kappa shape index (κ1) is 13.7. The van der Waals surface area contributed by atoms with Crippen molar-refractivity contribution in [1.29, 1.82) is 0 Å². The first-order valence-electron chi connectivity index (χ1n) is 6.79. The van der Waals surface area contributed by atoms with Crippen LogP contribution in [0.4, 0.5) is 11.4 Å². The van der Waals surface area contributed by atoms with E-state index in [0.717, 1.165) is 0 Å². The molecule has 0 aromatic heterocycles. The summed E-state index contributed by atoms with van der Waals surface area (Å²) in [6.45, 7) is 10.8. The van der Waals surface area contributed by atoms with Crippen molar-refractivity contribution in [2.45, 2.75) is 34.6 Å². The SMILES string of the molecule is Cc1ccc(C)c(N(C)c2cc(C)c(C)cc2C)c1. The van der Waals surface area contributed by atoms with Crippen molar-refractivity contribution in [2.75, 3.05) is 11.9 Å². The standard InChI is InChI=1S/C18H23N/c1-12-7-8-13(2)17(9-12)19(6)18-11-15(4)14(3)10-16(18)5/h7-11H,1-6H3. The molecule has 0 amide bonds. The van der Waals surface area contributed by atoms with Crippen LogP contribution in [-0.2, 0) is 0 Å². The van der Waals surface area contributed by atoms with Crippen molar-refractivity contribution in [3.05, 3.63) is 58.1 Å². The summed E-state index contributed by atoms with van der Waals surface area (Å²) in [6.07, 6.45) is 0. The molecule has 0 aliphatic heterocycles. The van der Waals surface area contributed by atoms with Crippen molar-refractivity contribution in [3.8, 4) is 0 Å². The Balaban J connectivity index is 2.52. The molecule has 2 aromatic rings. The second kappa shape index (κ2) is 5.08. The monoisotopic (exact) mass is 253 g/mol. The molecule has 0 atom stereocenters. The second-order valence-corrected chi connectivity index (χ2v) is 5.57. The number of rotatable bonds is 2. The lowest BCUT2D eigenvalue weighted by atomic mass is 10.0. The minimum Gasteiger partial charge on any atom is -0.344 e. The van der Waals surface area contributed by atoms with Gasteiger partial charge in [-0.3, -0.25) is 0 Å². The summed E-state index contributed by atoms with van der Waals surface area (Å²) in [7, 11) is 2.15. The number of hydrogen-bond acceptors (Lipinski definition) is 1. The average molecular weight is 253 g/mol. The van der Waals surface area contributed by atoms with Crippen LogP contribution in [0.25, 0.3) is 0 Å². The van der Waals surface area contributed by atoms with Crippen LogP contribution in [0.1, 0.15) is 27.8 Å². The van der Waals surface area contributed by atoms with Gasteiger partial charge in [0, 0.05) is 18.4 Å². The Morgan fingerprint density at radius 3 is 1.89 bits per heavy atom. The molecule has 0 saturated carbocycles. The van der Waals surface area contributed by atoms with Gasteiger partial charge in [0.05, 0.1) is 0 Å². The number of anilines is 2. The maximum Gasteiger partial charge on any atom is 0.0440 e. The highest BCUT2D eigenvalue weighted by Gasteiger charge is 2.11. The van der Waals surface area contributed by atoms with Crippen LogP contribution in [0.5, 0.6) is 0 Å². The van der Waals surface area contributed by atoms with E-state index in [4.69, 9.17) is 0 Å². The van der Waals surface area contributed by atoms with Gasteiger partial charge >= 0.3 is 0 Å². The summed E-state index contributed by atoms with van der Waals surface area (Å²) < 4.78 is 0. The maximum absolute atomic E-state index is 2.30. The van der Waals surface area contributed by atoms with Gasteiger partial charge in [0.1, 0.15) is 0 Å². The molecule has 0 radical (unpaired) electrons. The van der Waals surface area contributed by atoms with Crippen molar-refractivity contribution in [3.63, 3.8) is 0 Å². The van der Waals surface area contributed by atoms with Gasteiger partial charge in [0.15, 0.2) is 0 Å². The van der Waals surface area contributed by atoms with E-state index >= 15 is 0 Å². The lowest BCUT2D eigenvalue weighted by Gasteiger charge is -2.25. The normalized spacial score (nSPS) is 10.6. The zero-order valence-electron chi connectivity index (χ0n) is 12.8. The van der Waals surface area contributed by atoms with Crippen LogP contribution in [0.2, 0.25) is 0 Å². The topological polar surface area (TPSA) is 3.24 Å². The molecule has 0 aliphatic carbocycles. The third kappa shape index (κ3) is 2.65. The summed E-state index contributed by atoms with van der Waals surface area (Å²) >= 11 is 0. The molecule has 0 bridgehead atoms. The molecule has 2 aromatic carbocycles. The fourth-order valence-corrected chi connectivity index (χ4v) is 2.52. The van der Waals surface area contributed by atoms with E-state index in [1.165, 1.54) is 39.2 Å². The van der Waals surface area contributed by atoms with Gasteiger partial charge in [-0.2, -0.15) is 0 Å². The quantitative estimate of drug-likeness (QED) is 0.728. The van der Waals surface area contributed by atoms with Crippen molar-refractivity contribution in [2.24, 2.45) is 0 Å². The molecule has 1 heteroatoms. The predicted molar refractivity (Wildman–Crippen MR) is 84.6 cm³/mol. The number of hydrogen-bond donors (Lipinski definition) is 0. The largest absolute Gasteiger partial charge is 0.344 e. The second-order valence-electron chi connectivity index (χ2n) is 5.57. The van der Waals surface area contributed by atoms with Crippen LogP contribution < -0.4 is 4.90 Å². The molecule has 1 nitrogen and oxygen atoms in total. The summed E-state index contributed by atoms with van der Waals surface area (Å²) in [4.78, 5) is 2.30. The van der Waals surface area contributed by atoms with E-state index in [1.54, 1.807) is 0 Å². The highest BCUT2D eigenvalue weighted by atomic mass is 15.1. The zero-order chi connectivity index (χ0) is 14.2. The predicted octanol–water partition coefficient (Wildman–Crippen LogP) is 5.00. The van der Waals surface area contributed by atoms with Crippen LogP contribution in [0, 0.1) is 34.6 Å². The lowest BCUT2D eigenvalue weighted by Crippen LogP contribution is -2.13. The summed E-state index contributed by atoms with van der Waals surface area (Å²) in [6, 6.07) is 11.2. The van der Waals surface area contributed by atoms with Gasteiger partial charge in [0.2, 0.25) is 0 Å². The van der Waals surface area contributed by atoms with E-state index < -0.39 is 0 Å². The minimum atomic E-state index is 1.28. The van der Waals surface area contributed by atoms with E-state index in [2.05, 4.69) is 76.9 Å². The van der Waals surface area contributed by atoms with E-state index in [9.17, 15) is 0 Å². The van der Waals surface area contributed by atoms with Crippen LogP contribution in [0.3, 0.4) is 0 Å². The Hall–Kier alpha value is -1.76. The minimum absolute atomic E-state index is 1.28. The fourth-order valence-electron chi connectivity index (χ4n) is 2.52. The Labute approximate surface area is 116 Å². The molecular formula is C18H23N. The van der Waals surface area contributed by atoms with E-state index in [1.807, 2.05) is 0 Å². The first-order chi connectivity index (χ1) is 8.90. The summed E-state index contributed by atoms with van der Waals surface area (Å²) in [5.74, 6) is 0. The van der Waals surface area contributed by atoms with E-state index in [-0.39, 0.29) is 0 Å². The molecule has 0 saturated heterocycles. The molecule has 0 fully saturated rings. The van der Waals surface area contributed by atoms with Crippen molar-refractivity contribution >= 4 is 11.4 Å². The average Bonchev–Trinajstić information content (AvgIpc) is 2.36. The van der Waals surface area contributed by atoms with Gasteiger partial charge in [-0.25, -0.2) is 0 Å². The molecule has 19 heavy (non-hydrogen) atoms. The Morgan fingerprint density at radius 2 is 1.21 bits per heavy atom. The Bertz CT molecular complexity index is 611. The summed E-state index contributed by atoms with van der Waals surface area (Å²) in [5, 5.41) is 0. The Kier molecular flexibility index (Phi) is 3.66. The maximum atomic E-state index is 2.30. The fraction of sp³-hybridized carbons (Fsp3) is 0.333. The van der Waals surface area contributed by atoms with Gasteiger partial charge < -0.3 is 4.90 Å². The number of benzene rings is 2. The van der Waals surface area contributed by atoms with Gasteiger partial charge in [-0.05, 0) is 74.6 Å². The van der Waals surface area contributed by atoms with Crippen LogP contribution in [-0.4, -0.2) is 7.05 Å². The van der Waals surface area contributed by atoms with E-state index in [0.29, 0.717) is 0 Å². The third-order valence-electron chi connectivity index (χ3n) is 3.90. The van der Waals surface area contributed by atoms with Gasteiger partial charge in [-0.1, -0.05) is 18.2 Å². The van der Waals surface area contributed by atoms with Crippen molar-refractivity contribution < 1.29 is 0 Å². The molecule has 0 heterocycles. The first-order valence-corrected chi connectivity index (χ1v) is 6.79. The number of aryl methyl sites for hydroxylation is 5. The third-order valence-corrected chi connectivity index (χ3v) is 3.90. The van der Waals surface area contributed by atoms with Crippen molar-refractivity contribution in [1.82, 2.24) is 0 Å². The molecule has 0 aliphatic rings. The molecule has 0 N–H and O–H groups in total. The molecule has 2 rings (SSSR count). The zero-order valence-corrected chi connectivity index (χ0v) is 12.8. The molecule has 0 unspecified atom stereocenters. The molecule has 100 valence electrons. The highest BCUT2D eigenvalue weighted by Crippen LogP contribution is 2.31. The molecular weight excluding hydrogens is 230 g/mol. The number of nitrogens with zero attached hydrogens (tertiary/aromatic N) is 1. The Morgan fingerprint density at radius 1 is 0.632 bits per heavy atom. The van der Waals surface area contributed by atoms with Gasteiger partial charge in [0.25, 0.3) is 0 Å². The van der Waals surface area contributed by atoms with Gasteiger partial charge in [-0.15, -0.1) is 0 Å². The molecule has 0 spiro atoms. The van der Waals surface area contributed by atoms with Crippen LogP contribution in [0.15, 0.2) is 30.3 Å². The smallest absolute Gasteiger partial charge is 0.0440 e. The van der Waals surface area contributed by atoms with Crippen LogP contribution >= 0.6 is 0 Å².